The zero-order valence-corrected chi connectivity index (χ0v) is 25.9. The summed E-state index contributed by atoms with van der Waals surface area (Å²) in [4.78, 5) is 2.45. The van der Waals surface area contributed by atoms with Crippen LogP contribution in [0.15, 0.2) is 176 Å². The van der Waals surface area contributed by atoms with E-state index in [0.29, 0.717) is 0 Å². The smallest absolute Gasteiger partial charge is 0.0540 e. The molecule has 9 aromatic rings. The second-order valence-electron chi connectivity index (χ2n) is 11.7. The molecule has 46 heavy (non-hydrogen) atoms. The highest BCUT2D eigenvalue weighted by Gasteiger charge is 2.21. The third kappa shape index (κ3) is 4.38. The van der Waals surface area contributed by atoms with Gasteiger partial charge in [0.05, 0.1) is 11.4 Å². The Balaban J connectivity index is 1.31. The molecule has 1 heterocycles. The summed E-state index contributed by atoms with van der Waals surface area (Å²) < 4.78 is 2.64. The van der Waals surface area contributed by atoms with Gasteiger partial charge < -0.3 is 4.90 Å². The average Bonchev–Trinajstić information content (AvgIpc) is 3.51. The first-order chi connectivity index (χ1) is 22.8. The Morgan fingerprint density at radius 1 is 0.370 bits per heavy atom. The van der Waals surface area contributed by atoms with Gasteiger partial charge >= 0.3 is 0 Å². The summed E-state index contributed by atoms with van der Waals surface area (Å²) in [5.41, 5.74) is 8.32. The quantitative estimate of drug-likeness (QED) is 0.189. The van der Waals surface area contributed by atoms with Crippen LogP contribution in [0.3, 0.4) is 0 Å². The van der Waals surface area contributed by atoms with Gasteiger partial charge in [0.15, 0.2) is 0 Å². The van der Waals surface area contributed by atoms with Crippen molar-refractivity contribution >= 4 is 70.1 Å². The zero-order valence-electron chi connectivity index (χ0n) is 25.1. The molecule has 0 unspecified atom stereocenters. The molecule has 0 N–H and O–H groups in total. The SMILES string of the molecule is c1cc(-c2cccc3sc4ccccc4c23)cc(N(c2ccccc2-c2cccc3ccccc23)c2cccc3ccccc23)c1. The summed E-state index contributed by atoms with van der Waals surface area (Å²) in [6, 6.07) is 64.0. The lowest BCUT2D eigenvalue weighted by Gasteiger charge is -2.29. The molecule has 0 aliphatic heterocycles. The van der Waals surface area contributed by atoms with E-state index in [1.807, 2.05) is 11.3 Å². The van der Waals surface area contributed by atoms with Crippen molar-refractivity contribution in [2.24, 2.45) is 0 Å². The van der Waals surface area contributed by atoms with Crippen molar-refractivity contribution in [3.63, 3.8) is 0 Å². The Kier molecular flexibility index (Phi) is 6.40. The zero-order chi connectivity index (χ0) is 30.5. The van der Waals surface area contributed by atoms with Gasteiger partial charge in [0, 0.05) is 36.8 Å². The molecule has 0 fully saturated rings. The molecule has 9 rings (SSSR count). The lowest BCUT2D eigenvalue weighted by molar-refractivity contribution is 1.30. The van der Waals surface area contributed by atoms with Crippen LogP contribution < -0.4 is 4.90 Å². The maximum atomic E-state index is 2.45. The van der Waals surface area contributed by atoms with E-state index in [9.17, 15) is 0 Å². The average molecular weight is 604 g/mol. The van der Waals surface area contributed by atoms with Gasteiger partial charge in [-0.25, -0.2) is 0 Å². The number of hydrogen-bond acceptors (Lipinski definition) is 2. The molecule has 1 nitrogen and oxygen atoms in total. The molecule has 0 aliphatic rings. The fraction of sp³-hybridized carbons (Fsp3) is 0. The molecule has 2 heteroatoms. The summed E-state index contributed by atoms with van der Waals surface area (Å²) in [7, 11) is 0. The van der Waals surface area contributed by atoms with E-state index in [1.54, 1.807) is 0 Å². The van der Waals surface area contributed by atoms with Gasteiger partial charge in [-0.1, -0.05) is 140 Å². The lowest BCUT2D eigenvalue weighted by atomic mass is 9.95. The highest BCUT2D eigenvalue weighted by Crippen LogP contribution is 2.46. The van der Waals surface area contributed by atoms with E-state index >= 15 is 0 Å². The number of thiophene rings is 1. The first-order valence-electron chi connectivity index (χ1n) is 15.7. The van der Waals surface area contributed by atoms with E-state index < -0.39 is 0 Å². The molecule has 8 aromatic carbocycles. The standard InChI is InChI=1S/C44H29NS/c1-3-19-34-30(13-1)15-10-24-37(34)38-21-5-7-25-41(38)45(40-26-11-16-31-14-2-4-20-35(31)40)33-18-9-17-32(29-33)36-23-12-28-43-44(36)39-22-6-8-27-42(39)46-43/h1-29H. The molecule has 1 aromatic heterocycles. The van der Waals surface area contributed by atoms with Gasteiger partial charge in [-0.15, -0.1) is 11.3 Å². The maximum absolute atomic E-state index is 2.45. The van der Waals surface area contributed by atoms with Crippen molar-refractivity contribution in [1.29, 1.82) is 0 Å². The number of anilines is 3. The molecule has 0 saturated carbocycles. The molecular weight excluding hydrogens is 575 g/mol. The third-order valence-corrected chi connectivity index (χ3v) is 10.2. The second kappa shape index (κ2) is 11.0. The lowest BCUT2D eigenvalue weighted by Crippen LogP contribution is -2.12. The van der Waals surface area contributed by atoms with Gasteiger partial charge in [0.2, 0.25) is 0 Å². The molecule has 216 valence electrons. The molecule has 0 atom stereocenters. The first kappa shape index (κ1) is 26.7. The van der Waals surface area contributed by atoms with Crippen molar-refractivity contribution in [2.45, 2.75) is 0 Å². The minimum Gasteiger partial charge on any atom is -0.309 e. The van der Waals surface area contributed by atoms with Crippen LogP contribution in [0.1, 0.15) is 0 Å². The molecule has 0 bridgehead atoms. The molecule has 0 saturated heterocycles. The number of benzene rings is 8. The summed E-state index contributed by atoms with van der Waals surface area (Å²) in [6.07, 6.45) is 0. The number of para-hydroxylation sites is 1. The Bertz CT molecular complexity index is 2550. The Morgan fingerprint density at radius 2 is 0.935 bits per heavy atom. The predicted octanol–water partition coefficient (Wildman–Crippen LogP) is 13.2. The van der Waals surface area contributed by atoms with Gasteiger partial charge in [0.25, 0.3) is 0 Å². The fourth-order valence-corrected chi connectivity index (χ4v) is 8.13. The largest absolute Gasteiger partial charge is 0.309 e. The number of rotatable bonds is 5. The van der Waals surface area contributed by atoms with Crippen LogP contribution in [0.25, 0.3) is 64.0 Å². The van der Waals surface area contributed by atoms with Crippen LogP contribution >= 0.6 is 11.3 Å². The van der Waals surface area contributed by atoms with E-state index in [0.717, 1.165) is 17.1 Å². The normalized spacial score (nSPS) is 11.5. The van der Waals surface area contributed by atoms with Crippen LogP contribution in [-0.2, 0) is 0 Å². The minimum atomic E-state index is 1.12. The van der Waals surface area contributed by atoms with E-state index in [2.05, 4.69) is 181 Å². The summed E-state index contributed by atoms with van der Waals surface area (Å²) in [5, 5.41) is 7.57. The predicted molar refractivity (Wildman–Crippen MR) is 200 cm³/mol. The van der Waals surface area contributed by atoms with Crippen LogP contribution in [0.4, 0.5) is 17.1 Å². The van der Waals surface area contributed by atoms with Crippen molar-refractivity contribution in [3.8, 4) is 22.3 Å². The number of nitrogens with zero attached hydrogens (tertiary/aromatic N) is 1. The highest BCUT2D eigenvalue weighted by molar-refractivity contribution is 7.25. The van der Waals surface area contributed by atoms with E-state index in [-0.39, 0.29) is 0 Å². The van der Waals surface area contributed by atoms with Crippen molar-refractivity contribution in [1.82, 2.24) is 0 Å². The Hall–Kier alpha value is -5.70. The van der Waals surface area contributed by atoms with Crippen LogP contribution in [0.5, 0.6) is 0 Å². The van der Waals surface area contributed by atoms with E-state index in [1.165, 1.54) is 64.0 Å². The monoisotopic (exact) mass is 603 g/mol. The topological polar surface area (TPSA) is 3.24 Å². The summed E-state index contributed by atoms with van der Waals surface area (Å²) in [5.74, 6) is 0. The summed E-state index contributed by atoms with van der Waals surface area (Å²) in [6.45, 7) is 0. The maximum Gasteiger partial charge on any atom is 0.0540 e. The number of hydrogen-bond donors (Lipinski definition) is 0. The van der Waals surface area contributed by atoms with Crippen LogP contribution in [0.2, 0.25) is 0 Å². The first-order valence-corrected chi connectivity index (χ1v) is 16.5. The van der Waals surface area contributed by atoms with E-state index in [4.69, 9.17) is 0 Å². The molecule has 0 amide bonds. The van der Waals surface area contributed by atoms with Crippen molar-refractivity contribution < 1.29 is 0 Å². The van der Waals surface area contributed by atoms with Gasteiger partial charge in [-0.2, -0.15) is 0 Å². The molecule has 0 radical (unpaired) electrons. The second-order valence-corrected chi connectivity index (χ2v) is 12.8. The Morgan fingerprint density at radius 3 is 1.83 bits per heavy atom. The molecule has 0 aliphatic carbocycles. The minimum absolute atomic E-state index is 1.12. The highest BCUT2D eigenvalue weighted by atomic mass is 32.1. The third-order valence-electron chi connectivity index (χ3n) is 9.05. The van der Waals surface area contributed by atoms with Crippen LogP contribution in [-0.4, -0.2) is 0 Å². The van der Waals surface area contributed by atoms with Gasteiger partial charge in [-0.05, 0) is 69.2 Å². The molecule has 0 spiro atoms. The van der Waals surface area contributed by atoms with Crippen molar-refractivity contribution in [3.05, 3.63) is 176 Å². The Labute approximate surface area is 272 Å². The van der Waals surface area contributed by atoms with Crippen molar-refractivity contribution in [2.75, 3.05) is 4.90 Å². The molecular formula is C44H29NS. The fourth-order valence-electron chi connectivity index (χ4n) is 7.00. The van der Waals surface area contributed by atoms with Gasteiger partial charge in [0.1, 0.15) is 0 Å². The summed E-state index contributed by atoms with van der Waals surface area (Å²) >= 11 is 1.87. The number of fused-ring (bicyclic) bond motifs is 5. The van der Waals surface area contributed by atoms with Gasteiger partial charge in [-0.3, -0.25) is 0 Å². The van der Waals surface area contributed by atoms with Crippen LogP contribution in [0, 0.1) is 0 Å².